The van der Waals surface area contributed by atoms with Crippen LogP contribution in [-0.2, 0) is 30.8 Å². The van der Waals surface area contributed by atoms with Crippen LogP contribution < -0.4 is 0 Å². The van der Waals surface area contributed by atoms with Crippen LogP contribution in [0.2, 0.25) is 0 Å². The normalized spacial score (nSPS) is 10.4. The number of carbonyl (C=O) groups excluding carboxylic acids is 2. The van der Waals surface area contributed by atoms with Crippen molar-refractivity contribution in [2.75, 3.05) is 7.11 Å². The van der Waals surface area contributed by atoms with Crippen molar-refractivity contribution in [3.8, 4) is 0 Å². The maximum atomic E-state index is 11.3. The molecule has 1 rings (SSSR count). The lowest BCUT2D eigenvalue weighted by molar-refractivity contribution is -0.139. The van der Waals surface area contributed by atoms with Crippen LogP contribution in [0.15, 0.2) is 33.6 Å². The van der Waals surface area contributed by atoms with E-state index >= 15 is 0 Å². The van der Waals surface area contributed by atoms with Crippen molar-refractivity contribution in [2.45, 2.75) is 11.3 Å². The van der Waals surface area contributed by atoms with Gasteiger partial charge in [0, 0.05) is 0 Å². The van der Waals surface area contributed by atoms with Crippen LogP contribution in [0.3, 0.4) is 0 Å². The Balaban J connectivity index is 2.96. The van der Waals surface area contributed by atoms with Gasteiger partial charge in [0.05, 0.1) is 18.4 Å². The molecule has 0 amide bonds. The van der Waals surface area contributed by atoms with Crippen molar-refractivity contribution in [1.29, 1.82) is 0 Å². The summed E-state index contributed by atoms with van der Waals surface area (Å²) < 4.78 is 29.8. The molecule has 0 spiro atoms. The molecular weight excluding hydrogens is 246 g/mol. The van der Waals surface area contributed by atoms with E-state index in [1.807, 2.05) is 0 Å². The molecule has 0 aromatic heterocycles. The Morgan fingerprint density at radius 1 is 1.35 bits per heavy atom. The quantitative estimate of drug-likeness (QED) is 0.442. The molecule has 0 radical (unpaired) electrons. The Hall–Kier alpha value is -1.98. The second kappa shape index (κ2) is 5.38. The van der Waals surface area contributed by atoms with Gasteiger partial charge < -0.3 is 4.74 Å². The minimum absolute atomic E-state index is 0.0494. The molecule has 90 valence electrons. The van der Waals surface area contributed by atoms with Crippen LogP contribution >= 0.6 is 0 Å². The zero-order chi connectivity index (χ0) is 12.9. The molecule has 6 nitrogen and oxygen atoms in total. The average molecular weight is 255 g/mol. The number of nitrogens with zero attached hydrogens (tertiary/aromatic N) is 1. The van der Waals surface area contributed by atoms with E-state index in [1.54, 1.807) is 0 Å². The van der Waals surface area contributed by atoms with Gasteiger partial charge in [0.1, 0.15) is 0 Å². The first-order valence-electron chi connectivity index (χ1n) is 4.49. The van der Waals surface area contributed by atoms with Gasteiger partial charge >= 0.3 is 5.97 Å². The lowest BCUT2D eigenvalue weighted by Gasteiger charge is -2.01. The summed E-state index contributed by atoms with van der Waals surface area (Å²) in [6.07, 6.45) is 1.02. The monoisotopic (exact) mass is 255 g/mol. The van der Waals surface area contributed by atoms with Gasteiger partial charge in [-0.2, -0.15) is 8.42 Å². The molecule has 0 fully saturated rings. The number of isocyanates is 1. The number of benzene rings is 1. The first kappa shape index (κ1) is 13.1. The maximum Gasteiger partial charge on any atom is 0.309 e. The molecule has 1 aromatic rings. The topological polar surface area (TPSA) is 89.9 Å². The molecule has 0 heterocycles. The third kappa shape index (κ3) is 3.51. The van der Waals surface area contributed by atoms with Crippen LogP contribution in [0, 0.1) is 0 Å². The number of hydrogen-bond acceptors (Lipinski definition) is 5. The van der Waals surface area contributed by atoms with Crippen LogP contribution in [0.5, 0.6) is 0 Å². The number of sulfonamides is 1. The Morgan fingerprint density at radius 2 is 1.94 bits per heavy atom. The molecule has 0 N–H and O–H groups in total. The summed E-state index contributed by atoms with van der Waals surface area (Å²) in [5.74, 6) is -0.425. The first-order chi connectivity index (χ1) is 7.99. The predicted molar refractivity (Wildman–Crippen MR) is 57.5 cm³/mol. The van der Waals surface area contributed by atoms with Crippen molar-refractivity contribution in [1.82, 2.24) is 0 Å². The van der Waals surface area contributed by atoms with E-state index in [-0.39, 0.29) is 11.3 Å². The highest BCUT2D eigenvalue weighted by Gasteiger charge is 2.12. The third-order valence-electron chi connectivity index (χ3n) is 1.95. The average Bonchev–Trinajstić information content (AvgIpc) is 2.29. The van der Waals surface area contributed by atoms with Crippen molar-refractivity contribution < 1.29 is 22.7 Å². The van der Waals surface area contributed by atoms with E-state index in [0.717, 1.165) is 6.08 Å². The van der Waals surface area contributed by atoms with Crippen LogP contribution in [0.4, 0.5) is 0 Å². The number of hydrogen-bond donors (Lipinski definition) is 0. The van der Waals surface area contributed by atoms with Gasteiger partial charge in [-0.3, -0.25) is 4.79 Å². The molecule has 1 aromatic carbocycles. The number of carbonyl (C=O) groups is 1. The van der Waals surface area contributed by atoms with Crippen LogP contribution in [0.1, 0.15) is 5.56 Å². The summed E-state index contributed by atoms with van der Waals surface area (Å²) in [5, 5.41) is 0. The summed E-state index contributed by atoms with van der Waals surface area (Å²) >= 11 is 0. The lowest BCUT2D eigenvalue weighted by atomic mass is 10.2. The molecule has 0 saturated heterocycles. The fourth-order valence-electron chi connectivity index (χ4n) is 1.12. The van der Waals surface area contributed by atoms with Gasteiger partial charge in [-0.25, -0.2) is 4.79 Å². The molecule has 0 aliphatic rings. The fourth-order valence-corrected chi connectivity index (χ4v) is 1.80. The van der Waals surface area contributed by atoms with E-state index in [0.29, 0.717) is 5.56 Å². The molecule has 0 saturated carbocycles. The second-order valence-electron chi connectivity index (χ2n) is 3.05. The van der Waals surface area contributed by atoms with Crippen molar-refractivity contribution in [2.24, 2.45) is 4.40 Å². The van der Waals surface area contributed by atoms with Gasteiger partial charge in [-0.05, 0) is 17.7 Å². The highest BCUT2D eigenvalue weighted by molar-refractivity contribution is 7.90. The third-order valence-corrected chi connectivity index (χ3v) is 3.14. The zero-order valence-corrected chi connectivity index (χ0v) is 9.73. The minimum atomic E-state index is -3.98. The van der Waals surface area contributed by atoms with Crippen LogP contribution in [-0.4, -0.2) is 27.6 Å². The van der Waals surface area contributed by atoms with Gasteiger partial charge in [-0.1, -0.05) is 16.5 Å². The molecule has 7 heteroatoms. The smallest absolute Gasteiger partial charge is 0.309 e. The minimum Gasteiger partial charge on any atom is -0.469 e. The van der Waals surface area contributed by atoms with E-state index in [9.17, 15) is 18.0 Å². The van der Waals surface area contributed by atoms with Crippen molar-refractivity contribution in [3.63, 3.8) is 0 Å². The van der Waals surface area contributed by atoms with E-state index in [4.69, 9.17) is 0 Å². The van der Waals surface area contributed by atoms with Gasteiger partial charge in [0.25, 0.3) is 16.1 Å². The van der Waals surface area contributed by atoms with E-state index in [1.165, 1.54) is 31.4 Å². The van der Waals surface area contributed by atoms with Gasteiger partial charge in [0.2, 0.25) is 0 Å². The summed E-state index contributed by atoms with van der Waals surface area (Å²) in [6.45, 7) is 0. The summed E-state index contributed by atoms with van der Waals surface area (Å²) in [7, 11) is -2.71. The molecular formula is C10H9NO5S. The van der Waals surface area contributed by atoms with Crippen molar-refractivity contribution >= 4 is 22.1 Å². The highest BCUT2D eigenvalue weighted by Crippen LogP contribution is 2.13. The number of rotatable bonds is 4. The molecule has 0 atom stereocenters. The predicted octanol–water partition coefficient (Wildman–Crippen LogP) is 0.427. The molecule has 17 heavy (non-hydrogen) atoms. The summed E-state index contributed by atoms with van der Waals surface area (Å²) in [5.41, 5.74) is 0.603. The standard InChI is InChI=1S/C10H9NO5S/c1-16-10(13)6-8-2-4-9(5-3-8)17(14,15)11-7-12/h2-5H,6H2,1H3. The Labute approximate surface area is 98.0 Å². The SMILES string of the molecule is COC(=O)Cc1ccc(S(=O)(=O)N=C=O)cc1. The van der Waals surface area contributed by atoms with E-state index in [2.05, 4.69) is 9.13 Å². The Morgan fingerprint density at radius 3 is 2.41 bits per heavy atom. The molecule has 0 unspecified atom stereocenters. The maximum absolute atomic E-state index is 11.3. The largest absolute Gasteiger partial charge is 0.469 e. The first-order valence-corrected chi connectivity index (χ1v) is 5.93. The zero-order valence-electron chi connectivity index (χ0n) is 8.91. The second-order valence-corrected chi connectivity index (χ2v) is 4.66. The lowest BCUT2D eigenvalue weighted by Crippen LogP contribution is -2.04. The van der Waals surface area contributed by atoms with Crippen LogP contribution in [0.25, 0.3) is 0 Å². The number of ether oxygens (including phenoxy) is 1. The Bertz CT molecular complexity index is 555. The summed E-state index contributed by atoms with van der Waals surface area (Å²) in [4.78, 5) is 20.7. The number of methoxy groups -OCH3 is 1. The highest BCUT2D eigenvalue weighted by atomic mass is 32.2. The fraction of sp³-hybridized carbons (Fsp3) is 0.200. The molecule has 0 bridgehead atoms. The van der Waals surface area contributed by atoms with Gasteiger partial charge in [-0.15, -0.1) is 0 Å². The van der Waals surface area contributed by atoms with E-state index < -0.39 is 16.0 Å². The number of esters is 1. The molecule has 0 aliphatic carbocycles. The van der Waals surface area contributed by atoms with Crippen molar-refractivity contribution in [3.05, 3.63) is 29.8 Å². The Kier molecular flexibility index (Phi) is 4.14. The summed E-state index contributed by atoms with van der Waals surface area (Å²) in [6, 6.07) is 5.41. The van der Waals surface area contributed by atoms with Gasteiger partial charge in [0.15, 0.2) is 0 Å². The molecule has 0 aliphatic heterocycles.